The van der Waals surface area contributed by atoms with Gasteiger partial charge in [-0.25, -0.2) is 0 Å². The number of anilines is 1. The lowest BCUT2D eigenvalue weighted by molar-refractivity contribution is -0.120. The van der Waals surface area contributed by atoms with E-state index >= 15 is 0 Å². The summed E-state index contributed by atoms with van der Waals surface area (Å²) in [6.07, 6.45) is 0.487. The number of nitrogens with zero attached hydrogens (tertiary/aromatic N) is 3. The van der Waals surface area contributed by atoms with Crippen LogP contribution in [0.15, 0.2) is 0 Å². The Kier molecular flexibility index (Phi) is 4.44. The van der Waals surface area contributed by atoms with E-state index in [1.807, 2.05) is 11.9 Å². The molecule has 1 aromatic heterocycles. The summed E-state index contributed by atoms with van der Waals surface area (Å²) in [7, 11) is 3.56. The molecule has 3 N–H and O–H groups in total. The highest BCUT2D eigenvalue weighted by molar-refractivity contribution is 7.15. The maximum Gasteiger partial charge on any atom is 0.221 e. The molecule has 0 fully saturated rings. The van der Waals surface area contributed by atoms with E-state index in [2.05, 4.69) is 15.5 Å². The standard InChI is InChI=1S/C8H15N5OS/c1-10-6(14)3-4-13(2)5-7-11-12-8(9)15-7/h3-5H2,1-2H3,(H2,9,12)(H,10,14). The second kappa shape index (κ2) is 5.62. The maximum atomic E-state index is 11.0. The van der Waals surface area contributed by atoms with E-state index in [1.54, 1.807) is 7.05 Å². The van der Waals surface area contributed by atoms with E-state index < -0.39 is 0 Å². The van der Waals surface area contributed by atoms with Crippen LogP contribution >= 0.6 is 11.3 Å². The van der Waals surface area contributed by atoms with E-state index in [9.17, 15) is 4.79 Å². The molecule has 0 radical (unpaired) electrons. The second-order valence-electron chi connectivity index (χ2n) is 3.19. The average Bonchev–Trinajstić information content (AvgIpc) is 2.60. The molecule has 0 aromatic carbocycles. The third-order valence-electron chi connectivity index (χ3n) is 1.89. The SMILES string of the molecule is CNC(=O)CCN(C)Cc1nnc(N)s1. The van der Waals surface area contributed by atoms with Gasteiger partial charge in [-0.2, -0.15) is 0 Å². The molecule has 1 rings (SSSR count). The molecule has 84 valence electrons. The first-order valence-electron chi connectivity index (χ1n) is 4.59. The van der Waals surface area contributed by atoms with Gasteiger partial charge in [0.1, 0.15) is 5.01 Å². The van der Waals surface area contributed by atoms with Gasteiger partial charge in [0.15, 0.2) is 0 Å². The smallest absolute Gasteiger partial charge is 0.221 e. The average molecular weight is 229 g/mol. The molecule has 0 aliphatic heterocycles. The molecule has 0 saturated carbocycles. The van der Waals surface area contributed by atoms with Gasteiger partial charge < -0.3 is 11.1 Å². The van der Waals surface area contributed by atoms with Crippen LogP contribution in [0.1, 0.15) is 11.4 Å². The zero-order valence-electron chi connectivity index (χ0n) is 8.86. The molecule has 0 unspecified atom stereocenters. The lowest BCUT2D eigenvalue weighted by atomic mass is 10.4. The highest BCUT2D eigenvalue weighted by Gasteiger charge is 2.06. The Morgan fingerprint density at radius 1 is 1.60 bits per heavy atom. The minimum Gasteiger partial charge on any atom is -0.374 e. The highest BCUT2D eigenvalue weighted by Crippen LogP contribution is 2.12. The Morgan fingerprint density at radius 3 is 2.87 bits per heavy atom. The fourth-order valence-electron chi connectivity index (χ4n) is 1.06. The van der Waals surface area contributed by atoms with Gasteiger partial charge in [-0.05, 0) is 7.05 Å². The summed E-state index contributed by atoms with van der Waals surface area (Å²) in [4.78, 5) is 13.0. The van der Waals surface area contributed by atoms with Crippen LogP contribution in [0.3, 0.4) is 0 Å². The summed E-state index contributed by atoms with van der Waals surface area (Å²) in [6.45, 7) is 1.37. The van der Waals surface area contributed by atoms with Crippen molar-refractivity contribution < 1.29 is 4.79 Å². The largest absolute Gasteiger partial charge is 0.374 e. The van der Waals surface area contributed by atoms with Crippen molar-refractivity contribution >= 4 is 22.4 Å². The number of hydrogen-bond donors (Lipinski definition) is 2. The summed E-state index contributed by atoms with van der Waals surface area (Å²) in [6, 6.07) is 0. The second-order valence-corrected chi connectivity index (χ2v) is 4.29. The van der Waals surface area contributed by atoms with Crippen LogP contribution in [0.4, 0.5) is 5.13 Å². The van der Waals surface area contributed by atoms with Crippen LogP contribution in [0.5, 0.6) is 0 Å². The molecule has 0 saturated heterocycles. The van der Waals surface area contributed by atoms with E-state index in [4.69, 9.17) is 5.73 Å². The fourth-order valence-corrected chi connectivity index (χ4v) is 1.75. The van der Waals surface area contributed by atoms with Crippen molar-refractivity contribution in [1.29, 1.82) is 0 Å². The fraction of sp³-hybridized carbons (Fsp3) is 0.625. The predicted octanol–water partition coefficient (Wildman–Crippen LogP) is -0.312. The summed E-state index contributed by atoms with van der Waals surface area (Å²) in [5, 5.41) is 11.5. The van der Waals surface area contributed by atoms with Gasteiger partial charge in [0.25, 0.3) is 0 Å². The van der Waals surface area contributed by atoms with Gasteiger partial charge in [-0.1, -0.05) is 11.3 Å². The van der Waals surface area contributed by atoms with Crippen molar-refractivity contribution in [1.82, 2.24) is 20.4 Å². The summed E-state index contributed by atoms with van der Waals surface area (Å²) in [5.41, 5.74) is 5.46. The number of nitrogen functional groups attached to an aromatic ring is 1. The van der Waals surface area contributed by atoms with Crippen molar-refractivity contribution in [2.45, 2.75) is 13.0 Å². The Hall–Kier alpha value is -1.21. The molecular weight excluding hydrogens is 214 g/mol. The quantitative estimate of drug-likeness (QED) is 0.723. The Balaban J connectivity index is 2.30. The van der Waals surface area contributed by atoms with Gasteiger partial charge in [0, 0.05) is 20.0 Å². The lowest BCUT2D eigenvalue weighted by Crippen LogP contribution is -2.26. The molecule has 15 heavy (non-hydrogen) atoms. The first-order chi connectivity index (χ1) is 7.11. The Morgan fingerprint density at radius 2 is 2.33 bits per heavy atom. The third-order valence-corrected chi connectivity index (χ3v) is 2.62. The topological polar surface area (TPSA) is 84.1 Å². The molecule has 0 atom stereocenters. The van der Waals surface area contributed by atoms with Crippen molar-refractivity contribution in [2.24, 2.45) is 0 Å². The number of aromatic nitrogens is 2. The van der Waals surface area contributed by atoms with Crippen molar-refractivity contribution in [3.8, 4) is 0 Å². The van der Waals surface area contributed by atoms with Crippen molar-refractivity contribution in [3.63, 3.8) is 0 Å². The molecule has 1 heterocycles. The number of hydrogen-bond acceptors (Lipinski definition) is 6. The van der Waals surface area contributed by atoms with Crippen LogP contribution in [0.25, 0.3) is 0 Å². The molecule has 0 bridgehead atoms. The van der Waals surface area contributed by atoms with Crippen LogP contribution in [0, 0.1) is 0 Å². The van der Waals surface area contributed by atoms with Gasteiger partial charge in [-0.3, -0.25) is 9.69 Å². The van der Waals surface area contributed by atoms with Crippen LogP contribution in [0.2, 0.25) is 0 Å². The highest BCUT2D eigenvalue weighted by atomic mass is 32.1. The molecule has 1 amide bonds. The monoisotopic (exact) mass is 229 g/mol. The van der Waals surface area contributed by atoms with Crippen LogP contribution in [-0.2, 0) is 11.3 Å². The Bertz CT molecular complexity index is 327. The first kappa shape index (κ1) is 11.9. The third kappa shape index (κ3) is 4.22. The number of nitrogens with two attached hydrogens (primary N) is 1. The number of rotatable bonds is 5. The van der Waals surface area contributed by atoms with Gasteiger partial charge >= 0.3 is 0 Å². The van der Waals surface area contributed by atoms with Gasteiger partial charge in [-0.15, -0.1) is 10.2 Å². The maximum absolute atomic E-state index is 11.0. The molecular formula is C8H15N5OS. The van der Waals surface area contributed by atoms with E-state index in [0.717, 1.165) is 5.01 Å². The molecule has 6 nitrogen and oxygen atoms in total. The van der Waals surface area contributed by atoms with Gasteiger partial charge in [0.05, 0.1) is 6.54 Å². The number of carbonyl (C=O) groups is 1. The minimum atomic E-state index is 0.0404. The molecule has 1 aromatic rings. The first-order valence-corrected chi connectivity index (χ1v) is 5.40. The van der Waals surface area contributed by atoms with Gasteiger partial charge in [0.2, 0.25) is 11.0 Å². The number of amides is 1. The van der Waals surface area contributed by atoms with E-state index in [0.29, 0.717) is 24.6 Å². The summed E-state index contributed by atoms with van der Waals surface area (Å²) >= 11 is 1.37. The van der Waals surface area contributed by atoms with Crippen molar-refractivity contribution in [3.05, 3.63) is 5.01 Å². The molecule has 0 spiro atoms. The molecule has 7 heteroatoms. The van der Waals surface area contributed by atoms with Crippen molar-refractivity contribution in [2.75, 3.05) is 26.4 Å². The Labute approximate surface area is 92.5 Å². The lowest BCUT2D eigenvalue weighted by Gasteiger charge is -2.13. The van der Waals surface area contributed by atoms with E-state index in [1.165, 1.54) is 11.3 Å². The van der Waals surface area contributed by atoms with E-state index in [-0.39, 0.29) is 5.91 Å². The number of carbonyl (C=O) groups excluding carboxylic acids is 1. The molecule has 0 aliphatic carbocycles. The minimum absolute atomic E-state index is 0.0404. The predicted molar refractivity (Wildman–Crippen MR) is 59.3 cm³/mol. The normalized spacial score (nSPS) is 10.6. The summed E-state index contributed by atoms with van der Waals surface area (Å²) in [5.74, 6) is 0.0404. The zero-order chi connectivity index (χ0) is 11.3. The number of nitrogens with one attached hydrogen (secondary N) is 1. The van der Waals surface area contributed by atoms with Crippen LogP contribution < -0.4 is 11.1 Å². The summed E-state index contributed by atoms with van der Waals surface area (Å²) < 4.78 is 0. The zero-order valence-corrected chi connectivity index (χ0v) is 9.67. The van der Waals surface area contributed by atoms with Crippen LogP contribution in [-0.4, -0.2) is 41.6 Å². The molecule has 0 aliphatic rings.